The second kappa shape index (κ2) is 7.23. The zero-order valence-electron chi connectivity index (χ0n) is 14.5. The summed E-state index contributed by atoms with van der Waals surface area (Å²) < 4.78 is 6.00. The van der Waals surface area contributed by atoms with Gasteiger partial charge >= 0.3 is 0 Å². The van der Waals surface area contributed by atoms with Crippen LogP contribution >= 0.6 is 0 Å². The number of benzene rings is 3. The molecule has 1 atom stereocenters. The van der Waals surface area contributed by atoms with Crippen molar-refractivity contribution in [1.82, 2.24) is 10.2 Å². The molecular formula is C22H19N3O. The molecule has 0 aliphatic rings. The van der Waals surface area contributed by atoms with Crippen LogP contribution in [0.2, 0.25) is 0 Å². The average molecular weight is 341 g/mol. The molecule has 1 aromatic heterocycles. The lowest BCUT2D eigenvalue weighted by molar-refractivity contribution is 0.494. The van der Waals surface area contributed by atoms with Gasteiger partial charge in [0.2, 0.25) is 11.8 Å². The lowest BCUT2D eigenvalue weighted by Gasteiger charge is -2.17. The largest absolute Gasteiger partial charge is 0.418 e. The van der Waals surface area contributed by atoms with E-state index in [1.807, 2.05) is 60.7 Å². The molecule has 0 fully saturated rings. The standard InChI is InChI=1S/C22H19N3O/c1-16-9-8-14-19(15-16)23-20(17-10-4-2-5-11-17)22-25-24-21(26-22)18-12-6-3-7-13-18/h2-15,20,23H,1H3/t20-/m0/s1. The minimum Gasteiger partial charge on any atom is -0.418 e. The molecule has 4 aromatic rings. The number of hydrogen-bond acceptors (Lipinski definition) is 4. The molecule has 0 aliphatic carbocycles. The first-order valence-corrected chi connectivity index (χ1v) is 8.56. The number of hydrogen-bond donors (Lipinski definition) is 1. The Bertz CT molecular complexity index is 980. The lowest BCUT2D eigenvalue weighted by atomic mass is 10.1. The second-order valence-electron chi connectivity index (χ2n) is 6.17. The van der Waals surface area contributed by atoms with Crippen molar-refractivity contribution >= 4 is 5.69 Å². The SMILES string of the molecule is Cc1cccc(N[C@@H](c2ccccc2)c2nnc(-c3ccccc3)o2)c1. The first-order valence-electron chi connectivity index (χ1n) is 8.56. The third-order valence-electron chi connectivity index (χ3n) is 4.17. The van der Waals surface area contributed by atoms with E-state index in [-0.39, 0.29) is 6.04 Å². The van der Waals surface area contributed by atoms with Gasteiger partial charge in [-0.2, -0.15) is 0 Å². The highest BCUT2D eigenvalue weighted by molar-refractivity contribution is 5.53. The molecule has 0 spiro atoms. The van der Waals surface area contributed by atoms with Gasteiger partial charge in [0.15, 0.2) is 0 Å². The van der Waals surface area contributed by atoms with Crippen LogP contribution in [0, 0.1) is 6.92 Å². The Hall–Kier alpha value is -3.40. The van der Waals surface area contributed by atoms with E-state index >= 15 is 0 Å². The highest BCUT2D eigenvalue weighted by Crippen LogP contribution is 2.28. The Morgan fingerprint density at radius 3 is 2.27 bits per heavy atom. The Labute approximate surface area is 152 Å². The van der Waals surface area contributed by atoms with Crippen LogP contribution in [0.15, 0.2) is 89.3 Å². The molecule has 4 rings (SSSR count). The van der Waals surface area contributed by atoms with Gasteiger partial charge in [-0.05, 0) is 42.3 Å². The summed E-state index contributed by atoms with van der Waals surface area (Å²) in [5, 5.41) is 12.1. The van der Waals surface area contributed by atoms with Crippen LogP contribution in [-0.4, -0.2) is 10.2 Å². The van der Waals surface area contributed by atoms with E-state index in [0.29, 0.717) is 11.8 Å². The predicted molar refractivity (Wildman–Crippen MR) is 103 cm³/mol. The van der Waals surface area contributed by atoms with Gasteiger partial charge in [0.25, 0.3) is 0 Å². The van der Waals surface area contributed by atoms with Gasteiger partial charge in [0.05, 0.1) is 0 Å². The Balaban J connectivity index is 1.70. The van der Waals surface area contributed by atoms with Gasteiger partial charge in [-0.25, -0.2) is 0 Å². The molecule has 4 heteroatoms. The number of nitrogens with zero attached hydrogens (tertiary/aromatic N) is 2. The fourth-order valence-electron chi connectivity index (χ4n) is 2.88. The number of rotatable bonds is 5. The summed E-state index contributed by atoms with van der Waals surface area (Å²) in [7, 11) is 0. The summed E-state index contributed by atoms with van der Waals surface area (Å²) >= 11 is 0. The molecule has 0 radical (unpaired) electrons. The van der Waals surface area contributed by atoms with Crippen molar-refractivity contribution in [3.63, 3.8) is 0 Å². The zero-order valence-corrected chi connectivity index (χ0v) is 14.5. The van der Waals surface area contributed by atoms with Crippen molar-refractivity contribution in [3.05, 3.63) is 102 Å². The maximum absolute atomic E-state index is 6.00. The van der Waals surface area contributed by atoms with Gasteiger partial charge in [-0.15, -0.1) is 10.2 Å². The van der Waals surface area contributed by atoms with Gasteiger partial charge in [0, 0.05) is 11.3 Å². The highest BCUT2D eigenvalue weighted by atomic mass is 16.4. The van der Waals surface area contributed by atoms with E-state index in [2.05, 4.69) is 46.7 Å². The maximum Gasteiger partial charge on any atom is 0.247 e. The van der Waals surface area contributed by atoms with Crippen molar-refractivity contribution in [2.24, 2.45) is 0 Å². The molecule has 3 aromatic carbocycles. The first kappa shape index (κ1) is 16.1. The Morgan fingerprint density at radius 2 is 1.54 bits per heavy atom. The topological polar surface area (TPSA) is 51.0 Å². The molecule has 0 bridgehead atoms. The number of aromatic nitrogens is 2. The molecule has 0 unspecified atom stereocenters. The quantitative estimate of drug-likeness (QED) is 0.539. The van der Waals surface area contributed by atoms with Crippen molar-refractivity contribution < 1.29 is 4.42 Å². The molecular weight excluding hydrogens is 322 g/mol. The summed E-state index contributed by atoms with van der Waals surface area (Å²) in [5.41, 5.74) is 4.18. The molecule has 0 saturated carbocycles. The molecule has 0 saturated heterocycles. The predicted octanol–water partition coefficient (Wildman–Crippen LogP) is 5.25. The third-order valence-corrected chi connectivity index (χ3v) is 4.17. The minimum atomic E-state index is -0.219. The molecule has 1 heterocycles. The monoisotopic (exact) mass is 341 g/mol. The fourth-order valence-corrected chi connectivity index (χ4v) is 2.88. The zero-order chi connectivity index (χ0) is 17.8. The number of nitrogens with one attached hydrogen (secondary N) is 1. The van der Waals surface area contributed by atoms with E-state index in [4.69, 9.17) is 4.42 Å². The summed E-state index contributed by atoms with van der Waals surface area (Å²) in [6.07, 6.45) is 0. The van der Waals surface area contributed by atoms with Crippen LogP contribution in [-0.2, 0) is 0 Å². The van der Waals surface area contributed by atoms with Crippen molar-refractivity contribution in [2.75, 3.05) is 5.32 Å². The average Bonchev–Trinajstić information content (AvgIpc) is 3.17. The number of anilines is 1. The molecule has 26 heavy (non-hydrogen) atoms. The number of aryl methyl sites for hydroxylation is 1. The van der Waals surface area contributed by atoms with Crippen molar-refractivity contribution in [2.45, 2.75) is 13.0 Å². The van der Waals surface area contributed by atoms with Gasteiger partial charge < -0.3 is 9.73 Å². The smallest absolute Gasteiger partial charge is 0.247 e. The van der Waals surface area contributed by atoms with E-state index in [9.17, 15) is 0 Å². The Morgan fingerprint density at radius 1 is 0.808 bits per heavy atom. The highest BCUT2D eigenvalue weighted by Gasteiger charge is 2.21. The molecule has 4 nitrogen and oxygen atoms in total. The second-order valence-corrected chi connectivity index (χ2v) is 6.17. The van der Waals surface area contributed by atoms with Crippen LogP contribution in [0.1, 0.15) is 23.1 Å². The minimum absolute atomic E-state index is 0.219. The lowest BCUT2D eigenvalue weighted by Crippen LogP contribution is -2.12. The summed E-state index contributed by atoms with van der Waals surface area (Å²) in [4.78, 5) is 0. The van der Waals surface area contributed by atoms with Crippen LogP contribution < -0.4 is 5.32 Å². The van der Waals surface area contributed by atoms with Crippen LogP contribution in [0.3, 0.4) is 0 Å². The van der Waals surface area contributed by atoms with Gasteiger partial charge in [0.1, 0.15) is 6.04 Å². The molecule has 1 N–H and O–H groups in total. The molecule has 128 valence electrons. The summed E-state index contributed by atoms with van der Waals surface area (Å²) in [6, 6.07) is 28.0. The van der Waals surface area contributed by atoms with Gasteiger partial charge in [-0.3, -0.25) is 0 Å². The Kier molecular flexibility index (Phi) is 4.48. The van der Waals surface area contributed by atoms with E-state index < -0.39 is 0 Å². The fraction of sp³-hybridized carbons (Fsp3) is 0.0909. The molecule has 0 amide bonds. The van der Waals surface area contributed by atoms with Crippen molar-refractivity contribution in [1.29, 1.82) is 0 Å². The van der Waals surface area contributed by atoms with Crippen molar-refractivity contribution in [3.8, 4) is 11.5 Å². The van der Waals surface area contributed by atoms with E-state index in [0.717, 1.165) is 16.8 Å². The van der Waals surface area contributed by atoms with Crippen LogP contribution in [0.25, 0.3) is 11.5 Å². The van der Waals surface area contributed by atoms with Crippen LogP contribution in [0.5, 0.6) is 0 Å². The van der Waals surface area contributed by atoms with Gasteiger partial charge in [-0.1, -0.05) is 60.7 Å². The summed E-state index contributed by atoms with van der Waals surface area (Å²) in [6.45, 7) is 2.07. The maximum atomic E-state index is 6.00. The first-order chi connectivity index (χ1) is 12.8. The summed E-state index contributed by atoms with van der Waals surface area (Å²) in [5.74, 6) is 1.06. The third kappa shape index (κ3) is 3.49. The molecule has 0 aliphatic heterocycles. The van der Waals surface area contributed by atoms with E-state index in [1.54, 1.807) is 0 Å². The van der Waals surface area contributed by atoms with E-state index in [1.165, 1.54) is 5.56 Å². The van der Waals surface area contributed by atoms with Crippen LogP contribution in [0.4, 0.5) is 5.69 Å². The normalized spacial score (nSPS) is 11.9.